The molecule has 1 aromatic heterocycles. The Morgan fingerprint density at radius 3 is 2.65 bits per heavy atom. The highest BCUT2D eigenvalue weighted by Gasteiger charge is 2.29. The summed E-state index contributed by atoms with van der Waals surface area (Å²) < 4.78 is 37.5. The first-order valence-corrected chi connectivity index (χ1v) is 7.77. The van der Waals surface area contributed by atoms with Crippen LogP contribution in [0.15, 0.2) is 30.3 Å². The van der Waals surface area contributed by atoms with E-state index in [0.717, 1.165) is 22.7 Å². The first-order chi connectivity index (χ1) is 10.9. The maximum absolute atomic E-state index is 12.5. The topological polar surface area (TPSA) is 53.2 Å². The fraction of sp³-hybridized carbons (Fsp3) is 0.267. The first-order valence-electron chi connectivity index (χ1n) is 6.95. The molecule has 0 aliphatic carbocycles. The molecule has 0 saturated heterocycles. The molecular weight excluding hydrogens is 327 g/mol. The maximum atomic E-state index is 12.5. The zero-order valence-electron chi connectivity index (χ0n) is 12.0. The number of nitrogens with one attached hydrogen (secondary N) is 3. The predicted octanol–water partition coefficient (Wildman–Crippen LogP) is 3.17. The summed E-state index contributed by atoms with van der Waals surface area (Å²) in [6, 6.07) is 6.59. The van der Waals surface area contributed by atoms with E-state index in [1.807, 2.05) is 6.07 Å². The fourth-order valence-electron chi connectivity index (χ4n) is 2.24. The average Bonchev–Trinajstić information content (AvgIpc) is 2.96. The molecule has 122 valence electrons. The van der Waals surface area contributed by atoms with Gasteiger partial charge in [0, 0.05) is 18.7 Å². The Kier molecular flexibility index (Phi) is 4.27. The Labute approximate surface area is 134 Å². The van der Waals surface area contributed by atoms with Crippen LogP contribution in [0.2, 0.25) is 0 Å². The zero-order chi connectivity index (χ0) is 16.4. The van der Waals surface area contributed by atoms with Crippen LogP contribution in [0.5, 0.6) is 0 Å². The van der Waals surface area contributed by atoms with Gasteiger partial charge in [-0.05, 0) is 23.8 Å². The summed E-state index contributed by atoms with van der Waals surface area (Å²) in [5.41, 5.74) is 0.963. The van der Waals surface area contributed by atoms with E-state index in [4.69, 9.17) is 0 Å². The predicted molar refractivity (Wildman–Crippen MR) is 82.3 cm³/mol. The summed E-state index contributed by atoms with van der Waals surface area (Å²) in [5, 5.41) is 9.99. The molecule has 2 heterocycles. The normalized spacial score (nSPS) is 14.0. The van der Waals surface area contributed by atoms with Gasteiger partial charge in [0.1, 0.15) is 0 Å². The molecule has 0 atom stereocenters. The number of thiophene rings is 1. The number of hydrogen-bond donors (Lipinski definition) is 3. The van der Waals surface area contributed by atoms with Crippen molar-refractivity contribution in [3.63, 3.8) is 0 Å². The summed E-state index contributed by atoms with van der Waals surface area (Å²) >= 11 is 1.37. The van der Waals surface area contributed by atoms with Crippen molar-refractivity contribution in [1.29, 1.82) is 0 Å². The molecule has 1 aromatic carbocycles. The lowest BCUT2D eigenvalue weighted by molar-refractivity contribution is -0.137. The molecule has 1 amide bonds. The summed E-state index contributed by atoms with van der Waals surface area (Å²) in [7, 11) is 0. The molecule has 0 saturated carbocycles. The van der Waals surface area contributed by atoms with E-state index in [9.17, 15) is 18.0 Å². The second-order valence-electron chi connectivity index (χ2n) is 5.12. The summed E-state index contributed by atoms with van der Waals surface area (Å²) in [5.74, 6) is -0.230. The monoisotopic (exact) mass is 341 g/mol. The van der Waals surface area contributed by atoms with Crippen molar-refractivity contribution in [2.75, 3.05) is 12.0 Å². The highest BCUT2D eigenvalue weighted by Crippen LogP contribution is 2.30. The van der Waals surface area contributed by atoms with Crippen molar-refractivity contribution in [3.8, 4) is 0 Å². The number of fused-ring (bicyclic) bond motifs is 1. The van der Waals surface area contributed by atoms with Crippen molar-refractivity contribution >= 4 is 22.2 Å². The van der Waals surface area contributed by atoms with E-state index in [1.165, 1.54) is 23.5 Å². The molecule has 2 aromatic rings. The Hall–Kier alpha value is -2.06. The van der Waals surface area contributed by atoms with Crippen LogP contribution in [0.1, 0.15) is 26.4 Å². The number of alkyl halides is 3. The van der Waals surface area contributed by atoms with Crippen LogP contribution < -0.4 is 16.0 Å². The van der Waals surface area contributed by atoms with Gasteiger partial charge >= 0.3 is 6.18 Å². The molecule has 8 heteroatoms. The van der Waals surface area contributed by atoms with E-state index in [0.29, 0.717) is 23.7 Å². The summed E-state index contributed by atoms with van der Waals surface area (Å²) in [4.78, 5) is 12.7. The van der Waals surface area contributed by atoms with Gasteiger partial charge in [-0.25, -0.2) is 0 Å². The number of hydrogen-bond acceptors (Lipinski definition) is 4. The number of rotatable bonds is 3. The molecule has 0 unspecified atom stereocenters. The Morgan fingerprint density at radius 2 is 2.00 bits per heavy atom. The molecule has 0 bridgehead atoms. The van der Waals surface area contributed by atoms with Gasteiger partial charge in [0.25, 0.3) is 5.91 Å². The molecule has 1 aliphatic rings. The molecule has 0 spiro atoms. The van der Waals surface area contributed by atoms with E-state index >= 15 is 0 Å². The number of amides is 1. The van der Waals surface area contributed by atoms with Gasteiger partial charge < -0.3 is 10.6 Å². The van der Waals surface area contributed by atoms with Crippen molar-refractivity contribution in [2.45, 2.75) is 19.3 Å². The van der Waals surface area contributed by atoms with Gasteiger partial charge in [-0.1, -0.05) is 12.1 Å². The number of benzene rings is 1. The van der Waals surface area contributed by atoms with Gasteiger partial charge in [-0.3, -0.25) is 10.1 Å². The third-order valence-electron chi connectivity index (χ3n) is 3.46. The van der Waals surface area contributed by atoms with Crippen LogP contribution in [0.25, 0.3) is 0 Å². The van der Waals surface area contributed by atoms with Crippen LogP contribution in [0, 0.1) is 0 Å². The molecule has 0 radical (unpaired) electrons. The fourth-order valence-corrected chi connectivity index (χ4v) is 3.24. The lowest BCUT2D eigenvalue weighted by Gasteiger charge is -2.13. The minimum Gasteiger partial charge on any atom is -0.364 e. The zero-order valence-corrected chi connectivity index (χ0v) is 12.8. The second kappa shape index (κ2) is 6.21. The molecule has 1 aliphatic heterocycles. The lowest BCUT2D eigenvalue weighted by atomic mass is 10.1. The highest BCUT2D eigenvalue weighted by molar-refractivity contribution is 7.18. The first kappa shape index (κ1) is 15.8. The van der Waals surface area contributed by atoms with Crippen LogP contribution in [0.3, 0.4) is 0 Å². The average molecular weight is 341 g/mol. The lowest BCUT2D eigenvalue weighted by Crippen LogP contribution is -2.26. The number of halogens is 3. The number of carbonyl (C=O) groups excluding carboxylic acids is 1. The minimum atomic E-state index is -4.35. The highest BCUT2D eigenvalue weighted by atomic mass is 32.1. The molecule has 0 fully saturated rings. The van der Waals surface area contributed by atoms with E-state index < -0.39 is 11.7 Å². The third-order valence-corrected chi connectivity index (χ3v) is 4.59. The number of anilines is 1. The van der Waals surface area contributed by atoms with Crippen molar-refractivity contribution < 1.29 is 18.0 Å². The Balaban J connectivity index is 1.61. The molecule has 3 rings (SSSR count). The summed E-state index contributed by atoms with van der Waals surface area (Å²) in [6.07, 6.45) is -4.35. The van der Waals surface area contributed by atoms with Gasteiger partial charge in [-0.2, -0.15) is 13.2 Å². The SMILES string of the molecule is O=C(NCc1ccc(C(F)(F)F)cc1)c1cc2c(s1)NCNC2. The standard InChI is InChI=1S/C15H14F3N3OS/c16-15(17,18)11-3-1-9(2-4-11)6-20-13(22)12-5-10-7-19-8-21-14(10)23-12/h1-5,19,21H,6-8H2,(H,20,22). The van der Waals surface area contributed by atoms with Gasteiger partial charge in [0.15, 0.2) is 0 Å². The van der Waals surface area contributed by atoms with E-state index in [2.05, 4.69) is 16.0 Å². The third kappa shape index (κ3) is 3.65. The van der Waals surface area contributed by atoms with Crippen molar-refractivity contribution in [3.05, 3.63) is 51.9 Å². The summed E-state index contributed by atoms with van der Waals surface area (Å²) in [6.45, 7) is 1.57. The van der Waals surface area contributed by atoms with Crippen LogP contribution in [0.4, 0.5) is 18.2 Å². The van der Waals surface area contributed by atoms with Gasteiger partial charge in [0.2, 0.25) is 0 Å². The van der Waals surface area contributed by atoms with Crippen molar-refractivity contribution in [2.24, 2.45) is 0 Å². The van der Waals surface area contributed by atoms with Crippen molar-refractivity contribution in [1.82, 2.24) is 10.6 Å². The smallest absolute Gasteiger partial charge is 0.364 e. The molecule has 4 nitrogen and oxygen atoms in total. The van der Waals surface area contributed by atoms with Crippen LogP contribution in [-0.4, -0.2) is 12.6 Å². The van der Waals surface area contributed by atoms with Crippen LogP contribution in [-0.2, 0) is 19.3 Å². The Morgan fingerprint density at radius 1 is 1.26 bits per heavy atom. The van der Waals surface area contributed by atoms with Crippen LogP contribution >= 0.6 is 11.3 Å². The number of carbonyl (C=O) groups is 1. The minimum absolute atomic E-state index is 0.186. The maximum Gasteiger partial charge on any atom is 0.416 e. The van der Waals surface area contributed by atoms with E-state index in [-0.39, 0.29) is 12.5 Å². The quantitative estimate of drug-likeness (QED) is 0.804. The van der Waals surface area contributed by atoms with E-state index in [1.54, 1.807) is 0 Å². The van der Waals surface area contributed by atoms with Gasteiger partial charge in [0.05, 0.1) is 22.1 Å². The molecular formula is C15H14F3N3OS. The molecule has 23 heavy (non-hydrogen) atoms. The largest absolute Gasteiger partial charge is 0.416 e. The van der Waals surface area contributed by atoms with Gasteiger partial charge in [-0.15, -0.1) is 11.3 Å². The Bertz CT molecular complexity index is 686. The second-order valence-corrected chi connectivity index (χ2v) is 6.17. The molecule has 3 N–H and O–H groups in total.